The highest BCUT2D eigenvalue weighted by Gasteiger charge is 2.35. The Hall–Kier alpha value is -1.22. The van der Waals surface area contributed by atoms with Gasteiger partial charge in [0.25, 0.3) is 0 Å². The van der Waals surface area contributed by atoms with Crippen LogP contribution in [0, 0.1) is 11.3 Å². The van der Waals surface area contributed by atoms with E-state index in [2.05, 4.69) is 42.5 Å². The zero-order valence-electron chi connectivity index (χ0n) is 17.4. The van der Waals surface area contributed by atoms with E-state index in [1.165, 1.54) is 12.0 Å². The molecule has 2 heterocycles. The van der Waals surface area contributed by atoms with Crippen LogP contribution in [0.3, 0.4) is 0 Å². The smallest absolute Gasteiger partial charge is 0.231 e. The molecule has 7 heteroatoms. The summed E-state index contributed by atoms with van der Waals surface area (Å²) in [4.78, 5) is 4.36. The van der Waals surface area contributed by atoms with Crippen molar-refractivity contribution in [3.63, 3.8) is 0 Å². The molecule has 2 atom stereocenters. The second-order valence-electron chi connectivity index (χ2n) is 8.38. The first-order chi connectivity index (χ1) is 13.0. The van der Waals surface area contributed by atoms with Crippen LogP contribution in [0.5, 0.6) is 11.5 Å². The fourth-order valence-electron chi connectivity index (χ4n) is 3.88. The number of guanidine groups is 1. The number of fused-ring (bicyclic) bond motifs is 1. The monoisotopic (exact) mass is 503 g/mol. The van der Waals surface area contributed by atoms with Gasteiger partial charge in [0.05, 0.1) is 6.10 Å². The molecule has 6 nitrogen and oxygen atoms in total. The number of hydrogen-bond donors (Lipinski definition) is 2. The Balaban J connectivity index is 0.00000280. The Bertz CT molecular complexity index is 661. The molecule has 2 aliphatic rings. The van der Waals surface area contributed by atoms with E-state index in [0.717, 1.165) is 50.0 Å². The molecule has 1 saturated heterocycles. The van der Waals surface area contributed by atoms with Crippen molar-refractivity contribution in [3.8, 4) is 11.5 Å². The molecule has 0 saturated carbocycles. The van der Waals surface area contributed by atoms with E-state index in [1.54, 1.807) is 0 Å². The van der Waals surface area contributed by atoms with Gasteiger partial charge in [-0.15, -0.1) is 24.0 Å². The van der Waals surface area contributed by atoms with Crippen LogP contribution in [0.15, 0.2) is 23.2 Å². The molecule has 1 fully saturated rings. The molecule has 2 unspecified atom stereocenters. The van der Waals surface area contributed by atoms with Gasteiger partial charge in [0.2, 0.25) is 6.79 Å². The van der Waals surface area contributed by atoms with E-state index in [-0.39, 0.29) is 35.5 Å². The molecular weight excluding hydrogens is 469 g/mol. The van der Waals surface area contributed by atoms with E-state index < -0.39 is 0 Å². The minimum absolute atomic E-state index is 0. The average Bonchev–Trinajstić information content (AvgIpc) is 3.12. The molecular formula is C21H34IN3O3. The van der Waals surface area contributed by atoms with Gasteiger partial charge in [-0.25, -0.2) is 0 Å². The summed E-state index contributed by atoms with van der Waals surface area (Å²) in [6, 6.07) is 6.10. The minimum atomic E-state index is 0. The maximum absolute atomic E-state index is 6.07. The highest BCUT2D eigenvalue weighted by Crippen LogP contribution is 2.34. The summed E-state index contributed by atoms with van der Waals surface area (Å²) in [5.74, 6) is 3.01. The van der Waals surface area contributed by atoms with Gasteiger partial charge in [0.15, 0.2) is 17.5 Å². The zero-order chi connectivity index (χ0) is 19.3. The van der Waals surface area contributed by atoms with Crippen molar-refractivity contribution in [2.45, 2.75) is 46.1 Å². The number of hydrogen-bond acceptors (Lipinski definition) is 4. The average molecular weight is 503 g/mol. The Kier molecular flexibility index (Phi) is 8.67. The van der Waals surface area contributed by atoms with Crippen LogP contribution in [-0.4, -0.2) is 45.6 Å². The van der Waals surface area contributed by atoms with Gasteiger partial charge in [-0.05, 0) is 42.4 Å². The molecule has 2 aliphatic heterocycles. The Morgan fingerprint density at radius 2 is 1.96 bits per heavy atom. The van der Waals surface area contributed by atoms with Gasteiger partial charge in [-0.2, -0.15) is 0 Å². The SMILES string of the molecule is CN=C(NCCc1ccc2c(c1)OCO2)NCC1CCCOC1C(C)(C)C.I. The van der Waals surface area contributed by atoms with E-state index in [0.29, 0.717) is 12.7 Å². The maximum atomic E-state index is 6.07. The Labute approximate surface area is 185 Å². The lowest BCUT2D eigenvalue weighted by atomic mass is 9.78. The first-order valence-electron chi connectivity index (χ1n) is 9.92. The number of aliphatic imine (C=N–C) groups is 1. The topological polar surface area (TPSA) is 64.1 Å². The van der Waals surface area contributed by atoms with Crippen molar-refractivity contribution in [2.75, 3.05) is 33.5 Å². The largest absolute Gasteiger partial charge is 0.454 e. The zero-order valence-corrected chi connectivity index (χ0v) is 19.7. The van der Waals surface area contributed by atoms with Crippen LogP contribution in [0.2, 0.25) is 0 Å². The van der Waals surface area contributed by atoms with Crippen molar-refractivity contribution >= 4 is 29.9 Å². The second-order valence-corrected chi connectivity index (χ2v) is 8.38. The number of ether oxygens (including phenoxy) is 3. The first kappa shape index (κ1) is 23.1. The molecule has 0 spiro atoms. The number of nitrogens with one attached hydrogen (secondary N) is 2. The van der Waals surface area contributed by atoms with E-state index in [1.807, 2.05) is 19.2 Å². The van der Waals surface area contributed by atoms with Crippen LogP contribution in [0.25, 0.3) is 0 Å². The third-order valence-electron chi connectivity index (χ3n) is 5.20. The van der Waals surface area contributed by atoms with Gasteiger partial charge in [0.1, 0.15) is 0 Å². The highest BCUT2D eigenvalue weighted by molar-refractivity contribution is 14.0. The summed E-state index contributed by atoms with van der Waals surface area (Å²) in [6.45, 7) is 9.65. The van der Waals surface area contributed by atoms with Crippen molar-refractivity contribution < 1.29 is 14.2 Å². The number of rotatable bonds is 5. The molecule has 0 radical (unpaired) electrons. The highest BCUT2D eigenvalue weighted by atomic mass is 127. The Morgan fingerprint density at radius 1 is 1.18 bits per heavy atom. The summed E-state index contributed by atoms with van der Waals surface area (Å²) in [5, 5.41) is 6.89. The summed E-state index contributed by atoms with van der Waals surface area (Å²) in [6.07, 6.45) is 3.51. The lowest BCUT2D eigenvalue weighted by molar-refractivity contribution is -0.0835. The number of halogens is 1. The standard InChI is InChI=1S/C21H33N3O3.HI/c1-21(2,3)19-16(6-5-11-25-19)13-24-20(22-4)23-10-9-15-7-8-17-18(12-15)27-14-26-17;/h7-8,12,16,19H,5-6,9-11,13-14H2,1-4H3,(H2,22,23,24);1H. The summed E-state index contributed by atoms with van der Waals surface area (Å²) in [7, 11) is 1.81. The third kappa shape index (κ3) is 6.14. The summed E-state index contributed by atoms with van der Waals surface area (Å²) < 4.78 is 16.9. The van der Waals surface area contributed by atoms with Gasteiger partial charge in [-0.1, -0.05) is 26.8 Å². The van der Waals surface area contributed by atoms with Crippen LogP contribution < -0.4 is 20.1 Å². The van der Waals surface area contributed by atoms with E-state index in [4.69, 9.17) is 14.2 Å². The van der Waals surface area contributed by atoms with Crippen LogP contribution >= 0.6 is 24.0 Å². The lowest BCUT2D eigenvalue weighted by Crippen LogP contribution is -2.47. The van der Waals surface area contributed by atoms with Gasteiger partial charge in [-0.3, -0.25) is 4.99 Å². The molecule has 1 aromatic carbocycles. The lowest BCUT2D eigenvalue weighted by Gasteiger charge is -2.40. The molecule has 0 aromatic heterocycles. The van der Waals surface area contributed by atoms with Gasteiger partial charge < -0.3 is 24.8 Å². The Morgan fingerprint density at radius 3 is 2.71 bits per heavy atom. The van der Waals surface area contributed by atoms with E-state index >= 15 is 0 Å². The minimum Gasteiger partial charge on any atom is -0.454 e. The summed E-state index contributed by atoms with van der Waals surface area (Å²) in [5.41, 5.74) is 1.37. The molecule has 3 rings (SSSR count). The van der Waals surface area contributed by atoms with Gasteiger partial charge >= 0.3 is 0 Å². The normalized spacial score (nSPS) is 21.8. The van der Waals surface area contributed by atoms with Crippen LogP contribution in [-0.2, 0) is 11.2 Å². The molecule has 158 valence electrons. The molecule has 0 aliphatic carbocycles. The quantitative estimate of drug-likeness (QED) is 0.366. The fourth-order valence-corrected chi connectivity index (χ4v) is 3.88. The van der Waals surface area contributed by atoms with Crippen molar-refractivity contribution in [1.29, 1.82) is 0 Å². The summed E-state index contributed by atoms with van der Waals surface area (Å²) >= 11 is 0. The number of nitrogens with zero attached hydrogens (tertiary/aromatic N) is 1. The predicted octanol–water partition coefficient (Wildman–Crippen LogP) is 3.58. The predicted molar refractivity (Wildman–Crippen MR) is 123 cm³/mol. The van der Waals surface area contributed by atoms with Crippen molar-refractivity contribution in [1.82, 2.24) is 10.6 Å². The second kappa shape index (κ2) is 10.5. The van der Waals surface area contributed by atoms with Gasteiger partial charge in [0, 0.05) is 32.7 Å². The molecule has 2 N–H and O–H groups in total. The third-order valence-corrected chi connectivity index (χ3v) is 5.20. The van der Waals surface area contributed by atoms with Crippen molar-refractivity contribution in [2.24, 2.45) is 16.3 Å². The molecule has 0 bridgehead atoms. The number of benzene rings is 1. The van der Waals surface area contributed by atoms with Crippen molar-refractivity contribution in [3.05, 3.63) is 23.8 Å². The van der Waals surface area contributed by atoms with Crippen LogP contribution in [0.4, 0.5) is 0 Å². The fraction of sp³-hybridized carbons (Fsp3) is 0.667. The first-order valence-corrected chi connectivity index (χ1v) is 9.92. The van der Waals surface area contributed by atoms with E-state index in [9.17, 15) is 0 Å². The maximum Gasteiger partial charge on any atom is 0.231 e. The molecule has 1 aromatic rings. The molecule has 28 heavy (non-hydrogen) atoms. The van der Waals surface area contributed by atoms with Crippen LogP contribution in [0.1, 0.15) is 39.2 Å². The molecule has 0 amide bonds.